The van der Waals surface area contributed by atoms with Crippen molar-refractivity contribution in [3.63, 3.8) is 0 Å². The lowest BCUT2D eigenvalue weighted by molar-refractivity contribution is -0.130. The summed E-state index contributed by atoms with van der Waals surface area (Å²) in [6.45, 7) is 5.04. The van der Waals surface area contributed by atoms with Crippen LogP contribution in [-0.2, 0) is 16.1 Å². The molecule has 1 aliphatic carbocycles. The summed E-state index contributed by atoms with van der Waals surface area (Å²) in [6, 6.07) is 0.0238. The maximum atomic E-state index is 13.3. The van der Waals surface area contributed by atoms with Crippen molar-refractivity contribution >= 4 is 29.4 Å². The lowest BCUT2D eigenvalue weighted by Crippen LogP contribution is -2.41. The molecule has 2 aromatic heterocycles. The lowest BCUT2D eigenvalue weighted by atomic mass is 9.96. The van der Waals surface area contributed by atoms with E-state index in [1.54, 1.807) is 11.0 Å². The van der Waals surface area contributed by atoms with Gasteiger partial charge in [0.05, 0.1) is 6.20 Å². The highest BCUT2D eigenvalue weighted by molar-refractivity contribution is 5.97. The molecule has 0 aromatic carbocycles. The van der Waals surface area contributed by atoms with Gasteiger partial charge in [-0.15, -0.1) is 0 Å². The molecule has 4 N–H and O–H groups in total. The SMILES string of the molecule is CC(C)Cn1c(=O)c(C(=O)NC2CC2)c(O)n2ncc(C=CC(=O)N3CCC(C(N)=O)CC3)c12. The number of carbonyl (C=O) groups is 3. The molecule has 11 heteroatoms. The van der Waals surface area contributed by atoms with E-state index in [0.717, 1.165) is 17.4 Å². The highest BCUT2D eigenvalue weighted by Crippen LogP contribution is 2.24. The first-order valence-corrected chi connectivity index (χ1v) is 11.6. The van der Waals surface area contributed by atoms with Crippen LogP contribution in [0.3, 0.4) is 0 Å². The number of hydrogen-bond donors (Lipinski definition) is 3. The molecular weight excluding hydrogens is 440 g/mol. The number of nitrogens with one attached hydrogen (secondary N) is 1. The number of primary amides is 1. The second-order valence-corrected chi connectivity index (χ2v) is 9.43. The second kappa shape index (κ2) is 9.32. The van der Waals surface area contributed by atoms with Gasteiger partial charge in [0.1, 0.15) is 5.65 Å². The third kappa shape index (κ3) is 4.68. The Balaban J connectivity index is 1.66. The average molecular weight is 471 g/mol. The van der Waals surface area contributed by atoms with E-state index in [2.05, 4.69) is 10.4 Å². The Morgan fingerprint density at radius 2 is 1.91 bits per heavy atom. The molecule has 4 rings (SSSR count). The van der Waals surface area contributed by atoms with Gasteiger partial charge in [-0.05, 0) is 37.7 Å². The smallest absolute Gasteiger partial charge is 0.270 e. The van der Waals surface area contributed by atoms with Gasteiger partial charge in [-0.3, -0.25) is 23.7 Å². The van der Waals surface area contributed by atoms with Crippen LogP contribution in [0.1, 0.15) is 55.5 Å². The number of fused-ring (bicyclic) bond motifs is 1. The standard InChI is InChI=1S/C23H30N6O5/c1-13(2)12-28-21-15(3-6-17(30)27-9-7-14(8-10-27)19(24)31)11-25-29(21)23(34)18(22(28)33)20(32)26-16-4-5-16/h3,6,11,13-14,16,34H,4-5,7-10,12H2,1-2H3,(H2,24,31)(H,26,32). The zero-order valence-electron chi connectivity index (χ0n) is 19.4. The summed E-state index contributed by atoms with van der Waals surface area (Å²) in [6.07, 6.45) is 7.12. The fourth-order valence-corrected chi connectivity index (χ4v) is 4.20. The molecule has 1 aliphatic heterocycles. The molecule has 2 fully saturated rings. The van der Waals surface area contributed by atoms with E-state index in [4.69, 9.17) is 5.73 Å². The molecule has 0 atom stereocenters. The van der Waals surface area contributed by atoms with E-state index in [0.29, 0.717) is 43.7 Å². The fraction of sp³-hybridized carbons (Fsp3) is 0.522. The molecule has 1 saturated heterocycles. The van der Waals surface area contributed by atoms with Crippen molar-refractivity contribution in [3.8, 4) is 5.88 Å². The summed E-state index contributed by atoms with van der Waals surface area (Å²) in [7, 11) is 0. The molecule has 1 saturated carbocycles. The summed E-state index contributed by atoms with van der Waals surface area (Å²) < 4.78 is 2.58. The molecule has 3 heterocycles. The monoisotopic (exact) mass is 470 g/mol. The highest BCUT2D eigenvalue weighted by Gasteiger charge is 2.30. The van der Waals surface area contributed by atoms with E-state index < -0.39 is 17.3 Å². The molecule has 11 nitrogen and oxygen atoms in total. The number of nitrogens with two attached hydrogens (primary N) is 1. The molecule has 0 bridgehead atoms. The number of amides is 3. The van der Waals surface area contributed by atoms with E-state index in [1.807, 2.05) is 13.8 Å². The molecule has 34 heavy (non-hydrogen) atoms. The van der Waals surface area contributed by atoms with Crippen LogP contribution in [-0.4, -0.2) is 61.0 Å². The van der Waals surface area contributed by atoms with Crippen LogP contribution in [0.5, 0.6) is 5.88 Å². The van der Waals surface area contributed by atoms with Crippen LogP contribution in [0.25, 0.3) is 11.7 Å². The first-order chi connectivity index (χ1) is 16.2. The van der Waals surface area contributed by atoms with Crippen molar-refractivity contribution in [2.75, 3.05) is 13.1 Å². The molecule has 2 aromatic rings. The highest BCUT2D eigenvalue weighted by atomic mass is 16.3. The van der Waals surface area contributed by atoms with Crippen LogP contribution in [0, 0.1) is 11.8 Å². The Labute approximate surface area is 196 Å². The van der Waals surface area contributed by atoms with Crippen LogP contribution >= 0.6 is 0 Å². The Kier molecular flexibility index (Phi) is 6.45. The number of hydrogen-bond acceptors (Lipinski definition) is 6. The number of aromatic nitrogens is 3. The van der Waals surface area contributed by atoms with Gasteiger partial charge in [-0.1, -0.05) is 13.8 Å². The largest absolute Gasteiger partial charge is 0.492 e. The van der Waals surface area contributed by atoms with Crippen molar-refractivity contribution in [1.82, 2.24) is 24.4 Å². The maximum Gasteiger partial charge on any atom is 0.270 e. The molecular formula is C23H30N6O5. The third-order valence-corrected chi connectivity index (χ3v) is 6.21. The van der Waals surface area contributed by atoms with Gasteiger partial charge in [0.15, 0.2) is 5.56 Å². The topological polar surface area (TPSA) is 152 Å². The Morgan fingerprint density at radius 1 is 1.24 bits per heavy atom. The van der Waals surface area contributed by atoms with Gasteiger partial charge in [0, 0.05) is 43.2 Å². The van der Waals surface area contributed by atoms with E-state index in [-0.39, 0.29) is 35.3 Å². The van der Waals surface area contributed by atoms with E-state index in [9.17, 15) is 24.3 Å². The number of piperidine rings is 1. The average Bonchev–Trinajstić information content (AvgIpc) is 3.50. The van der Waals surface area contributed by atoms with Gasteiger partial charge in [0.2, 0.25) is 17.7 Å². The van der Waals surface area contributed by atoms with Gasteiger partial charge < -0.3 is 21.1 Å². The maximum absolute atomic E-state index is 13.3. The molecule has 0 radical (unpaired) electrons. The summed E-state index contributed by atoms with van der Waals surface area (Å²) >= 11 is 0. The predicted molar refractivity (Wildman–Crippen MR) is 124 cm³/mol. The Hall–Kier alpha value is -3.63. The fourth-order valence-electron chi connectivity index (χ4n) is 4.20. The lowest BCUT2D eigenvalue weighted by Gasteiger charge is -2.29. The minimum Gasteiger partial charge on any atom is -0.492 e. The van der Waals surface area contributed by atoms with Crippen LogP contribution in [0.2, 0.25) is 0 Å². The minimum atomic E-state index is -0.619. The normalized spacial score (nSPS) is 17.1. The molecule has 3 amide bonds. The van der Waals surface area contributed by atoms with Gasteiger partial charge in [-0.25, -0.2) is 0 Å². The summed E-state index contributed by atoms with van der Waals surface area (Å²) in [5.41, 5.74) is 5.17. The van der Waals surface area contributed by atoms with Gasteiger partial charge >= 0.3 is 0 Å². The van der Waals surface area contributed by atoms with Crippen LogP contribution < -0.4 is 16.6 Å². The van der Waals surface area contributed by atoms with Crippen molar-refractivity contribution in [2.45, 2.75) is 52.1 Å². The van der Waals surface area contributed by atoms with Crippen LogP contribution in [0.15, 0.2) is 17.1 Å². The Bertz CT molecular complexity index is 1210. The number of nitrogens with zero attached hydrogens (tertiary/aromatic N) is 4. The summed E-state index contributed by atoms with van der Waals surface area (Å²) in [5, 5.41) is 17.7. The van der Waals surface area contributed by atoms with Gasteiger partial charge in [-0.2, -0.15) is 9.61 Å². The first-order valence-electron chi connectivity index (χ1n) is 11.6. The number of carbonyl (C=O) groups excluding carboxylic acids is 3. The molecule has 0 spiro atoms. The third-order valence-electron chi connectivity index (χ3n) is 6.21. The second-order valence-electron chi connectivity index (χ2n) is 9.43. The predicted octanol–water partition coefficient (Wildman–Crippen LogP) is 0.487. The molecule has 2 aliphatic rings. The minimum absolute atomic E-state index is 0.0238. The van der Waals surface area contributed by atoms with Crippen LogP contribution in [0.4, 0.5) is 0 Å². The summed E-state index contributed by atoms with van der Waals surface area (Å²) in [5.74, 6) is -1.87. The summed E-state index contributed by atoms with van der Waals surface area (Å²) in [4.78, 5) is 51.6. The first kappa shape index (κ1) is 23.5. The quantitative estimate of drug-likeness (QED) is 0.501. The zero-order valence-corrected chi connectivity index (χ0v) is 19.4. The van der Waals surface area contributed by atoms with Gasteiger partial charge in [0.25, 0.3) is 11.5 Å². The van der Waals surface area contributed by atoms with E-state index >= 15 is 0 Å². The van der Waals surface area contributed by atoms with Crippen molar-refractivity contribution in [2.24, 2.45) is 17.6 Å². The van der Waals surface area contributed by atoms with Crippen molar-refractivity contribution < 1.29 is 19.5 Å². The zero-order chi connectivity index (χ0) is 24.6. The number of rotatable bonds is 7. The van der Waals surface area contributed by atoms with Crippen molar-refractivity contribution in [3.05, 3.63) is 33.8 Å². The molecule has 182 valence electrons. The molecule has 0 unspecified atom stereocenters. The number of aromatic hydroxyl groups is 1. The van der Waals surface area contributed by atoms with E-state index in [1.165, 1.54) is 16.8 Å². The van der Waals surface area contributed by atoms with Crippen molar-refractivity contribution in [1.29, 1.82) is 0 Å². The number of likely N-dealkylation sites (tertiary alicyclic amines) is 1. The Morgan fingerprint density at radius 3 is 2.50 bits per heavy atom.